The average Bonchev–Trinajstić information content (AvgIpc) is 2.28. The molecule has 0 spiro atoms. The third-order valence-corrected chi connectivity index (χ3v) is 3.81. The second-order valence-electron chi connectivity index (χ2n) is 4.73. The minimum Gasteiger partial charge on any atom is -0.508 e. The van der Waals surface area contributed by atoms with Crippen LogP contribution in [0.4, 0.5) is 4.79 Å². The van der Waals surface area contributed by atoms with Crippen molar-refractivity contribution in [2.24, 2.45) is 5.92 Å². The maximum absolute atomic E-state index is 10.8. The molecule has 1 aromatic rings. The van der Waals surface area contributed by atoms with Gasteiger partial charge in [0.1, 0.15) is 5.75 Å². The number of carboxylic acid groups (broad SMARTS) is 1. The molecule has 1 aromatic carbocycles. The molecule has 1 fully saturated rings. The number of benzene rings is 1. The molecular weight excluding hydrogens is 298 g/mol. The van der Waals surface area contributed by atoms with Crippen LogP contribution in [-0.2, 0) is 6.42 Å². The normalized spacial score (nSPS) is 16.8. The first-order chi connectivity index (χ1) is 8.54. The first-order valence-corrected chi connectivity index (χ1v) is 6.80. The summed E-state index contributed by atoms with van der Waals surface area (Å²) in [4.78, 5) is 12.3. The van der Waals surface area contributed by atoms with Crippen LogP contribution in [0, 0.1) is 5.92 Å². The van der Waals surface area contributed by atoms with Crippen molar-refractivity contribution in [3.63, 3.8) is 0 Å². The first-order valence-electron chi connectivity index (χ1n) is 6.01. The number of hydrogen-bond acceptors (Lipinski definition) is 2. The molecule has 4 nitrogen and oxygen atoms in total. The van der Waals surface area contributed by atoms with Crippen LogP contribution in [0.5, 0.6) is 5.75 Å². The number of carbonyl (C=O) groups is 1. The van der Waals surface area contributed by atoms with E-state index in [1.165, 1.54) is 4.90 Å². The molecule has 0 aliphatic carbocycles. The van der Waals surface area contributed by atoms with E-state index >= 15 is 0 Å². The molecule has 1 aliphatic rings. The fourth-order valence-electron chi connectivity index (χ4n) is 2.41. The van der Waals surface area contributed by atoms with Gasteiger partial charge < -0.3 is 15.1 Å². The summed E-state index contributed by atoms with van der Waals surface area (Å²) in [7, 11) is 0. The second kappa shape index (κ2) is 5.61. The highest BCUT2D eigenvalue weighted by Crippen LogP contribution is 2.26. The Morgan fingerprint density at radius 2 is 2.00 bits per heavy atom. The number of hydrogen-bond donors (Lipinski definition) is 2. The number of nitrogens with zero attached hydrogens (tertiary/aromatic N) is 1. The Morgan fingerprint density at radius 1 is 1.33 bits per heavy atom. The van der Waals surface area contributed by atoms with Crippen LogP contribution in [0.2, 0.25) is 0 Å². The molecule has 1 amide bonds. The maximum Gasteiger partial charge on any atom is 0.407 e. The summed E-state index contributed by atoms with van der Waals surface area (Å²) in [5.41, 5.74) is 1.09. The van der Waals surface area contributed by atoms with Crippen LogP contribution in [0.3, 0.4) is 0 Å². The lowest BCUT2D eigenvalue weighted by Crippen LogP contribution is -2.37. The van der Waals surface area contributed by atoms with Crippen molar-refractivity contribution in [2.45, 2.75) is 19.3 Å². The number of likely N-dealkylation sites (tertiary alicyclic amines) is 1. The number of rotatable bonds is 2. The zero-order valence-corrected chi connectivity index (χ0v) is 11.6. The summed E-state index contributed by atoms with van der Waals surface area (Å²) in [6.07, 6.45) is 1.84. The van der Waals surface area contributed by atoms with E-state index < -0.39 is 6.09 Å². The van der Waals surface area contributed by atoms with Gasteiger partial charge in [0.2, 0.25) is 0 Å². The molecule has 1 heterocycles. The monoisotopic (exact) mass is 313 g/mol. The fraction of sp³-hybridized carbons (Fsp3) is 0.462. The van der Waals surface area contributed by atoms with Gasteiger partial charge in [0, 0.05) is 17.6 Å². The highest BCUT2D eigenvalue weighted by molar-refractivity contribution is 9.10. The number of aromatic hydroxyl groups is 1. The van der Waals surface area contributed by atoms with E-state index in [9.17, 15) is 9.90 Å². The predicted octanol–water partition coefficient (Wildman–Crippen LogP) is 3.09. The Kier molecular flexibility index (Phi) is 4.11. The van der Waals surface area contributed by atoms with E-state index in [0.717, 1.165) is 29.3 Å². The highest BCUT2D eigenvalue weighted by atomic mass is 79.9. The van der Waals surface area contributed by atoms with E-state index in [1.807, 2.05) is 6.07 Å². The predicted molar refractivity (Wildman–Crippen MR) is 71.8 cm³/mol. The van der Waals surface area contributed by atoms with Gasteiger partial charge >= 0.3 is 6.09 Å². The molecular formula is C13H16BrNO3. The molecule has 2 N–H and O–H groups in total. The largest absolute Gasteiger partial charge is 0.508 e. The summed E-state index contributed by atoms with van der Waals surface area (Å²) in [5.74, 6) is 0.761. The van der Waals surface area contributed by atoms with Crippen molar-refractivity contribution in [3.05, 3.63) is 28.2 Å². The summed E-state index contributed by atoms with van der Waals surface area (Å²) in [5, 5.41) is 18.4. The standard InChI is InChI=1S/C13H16BrNO3/c14-11-6-10(7-12(16)8-11)5-9-1-3-15(4-2-9)13(17)18/h6-9,16H,1-5H2,(H,17,18). The van der Waals surface area contributed by atoms with Gasteiger partial charge in [-0.25, -0.2) is 4.79 Å². The van der Waals surface area contributed by atoms with Crippen LogP contribution in [0.25, 0.3) is 0 Å². The van der Waals surface area contributed by atoms with Crippen molar-refractivity contribution in [1.29, 1.82) is 0 Å². The SMILES string of the molecule is O=C(O)N1CCC(Cc2cc(O)cc(Br)c2)CC1. The maximum atomic E-state index is 10.8. The van der Waals surface area contributed by atoms with Crippen molar-refractivity contribution in [1.82, 2.24) is 4.90 Å². The van der Waals surface area contributed by atoms with Crippen LogP contribution in [0.15, 0.2) is 22.7 Å². The lowest BCUT2D eigenvalue weighted by atomic mass is 9.90. The van der Waals surface area contributed by atoms with Crippen LogP contribution in [0.1, 0.15) is 18.4 Å². The van der Waals surface area contributed by atoms with Crippen molar-refractivity contribution < 1.29 is 15.0 Å². The molecule has 5 heteroatoms. The van der Waals surface area contributed by atoms with Crippen LogP contribution in [-0.4, -0.2) is 34.3 Å². The van der Waals surface area contributed by atoms with Crippen LogP contribution < -0.4 is 0 Å². The van der Waals surface area contributed by atoms with E-state index in [0.29, 0.717) is 19.0 Å². The fourth-order valence-corrected chi connectivity index (χ4v) is 2.94. The first kappa shape index (κ1) is 13.2. The van der Waals surface area contributed by atoms with E-state index in [4.69, 9.17) is 5.11 Å². The lowest BCUT2D eigenvalue weighted by Gasteiger charge is -2.30. The van der Waals surface area contributed by atoms with Gasteiger partial charge in [-0.3, -0.25) is 0 Å². The van der Waals surface area contributed by atoms with Gasteiger partial charge in [-0.1, -0.05) is 15.9 Å². The quantitative estimate of drug-likeness (QED) is 0.882. The zero-order chi connectivity index (χ0) is 13.1. The number of amides is 1. The summed E-state index contributed by atoms with van der Waals surface area (Å²) >= 11 is 3.36. The van der Waals surface area contributed by atoms with E-state index in [-0.39, 0.29) is 5.75 Å². The Morgan fingerprint density at radius 3 is 2.56 bits per heavy atom. The third-order valence-electron chi connectivity index (χ3n) is 3.35. The molecule has 18 heavy (non-hydrogen) atoms. The molecule has 0 bridgehead atoms. The average molecular weight is 314 g/mol. The Bertz CT molecular complexity index is 422. The minimum absolute atomic E-state index is 0.266. The van der Waals surface area contributed by atoms with Gasteiger partial charge in [-0.05, 0) is 48.9 Å². The number of phenols is 1. The lowest BCUT2D eigenvalue weighted by molar-refractivity contribution is 0.124. The Hall–Kier alpha value is -1.23. The summed E-state index contributed by atoms with van der Waals surface area (Å²) in [6.45, 7) is 1.22. The second-order valence-corrected chi connectivity index (χ2v) is 5.65. The smallest absolute Gasteiger partial charge is 0.407 e. The van der Waals surface area contributed by atoms with E-state index in [2.05, 4.69) is 15.9 Å². The van der Waals surface area contributed by atoms with Crippen molar-refractivity contribution in [3.8, 4) is 5.75 Å². The van der Waals surface area contributed by atoms with Gasteiger partial charge in [-0.2, -0.15) is 0 Å². The molecule has 0 aromatic heterocycles. The van der Waals surface area contributed by atoms with Crippen LogP contribution >= 0.6 is 15.9 Å². The molecule has 0 unspecified atom stereocenters. The highest BCUT2D eigenvalue weighted by Gasteiger charge is 2.22. The van der Waals surface area contributed by atoms with Gasteiger partial charge in [0.05, 0.1) is 0 Å². The number of halogens is 1. The minimum atomic E-state index is -0.825. The molecule has 0 saturated carbocycles. The van der Waals surface area contributed by atoms with E-state index in [1.54, 1.807) is 12.1 Å². The molecule has 2 rings (SSSR count). The van der Waals surface area contributed by atoms with Crippen molar-refractivity contribution >= 4 is 22.0 Å². The molecule has 1 aliphatic heterocycles. The topological polar surface area (TPSA) is 60.8 Å². The van der Waals surface area contributed by atoms with Crippen molar-refractivity contribution in [2.75, 3.05) is 13.1 Å². The molecule has 0 atom stereocenters. The Balaban J connectivity index is 1.93. The van der Waals surface area contributed by atoms with Gasteiger partial charge in [0.15, 0.2) is 0 Å². The molecule has 98 valence electrons. The summed E-state index contributed by atoms with van der Waals surface area (Å²) < 4.78 is 0.875. The number of phenolic OH excluding ortho intramolecular Hbond substituents is 1. The summed E-state index contributed by atoms with van der Waals surface area (Å²) in [6, 6.07) is 5.44. The van der Waals surface area contributed by atoms with Gasteiger partial charge in [-0.15, -0.1) is 0 Å². The molecule has 1 saturated heterocycles. The number of piperidine rings is 1. The zero-order valence-electron chi connectivity index (χ0n) is 9.97. The third kappa shape index (κ3) is 3.38. The molecule has 0 radical (unpaired) electrons. The van der Waals surface area contributed by atoms with Gasteiger partial charge in [0.25, 0.3) is 0 Å². The Labute approximate surface area is 114 Å².